The molecular formula is C29H40FNO2. The summed E-state index contributed by atoms with van der Waals surface area (Å²) in [7, 11) is 0. The highest BCUT2D eigenvalue weighted by Crippen LogP contribution is 2.76. The van der Waals surface area contributed by atoms with Crippen molar-refractivity contribution in [2.24, 2.45) is 58.7 Å². The van der Waals surface area contributed by atoms with Gasteiger partial charge in [-0.3, -0.25) is 4.79 Å². The van der Waals surface area contributed by atoms with E-state index < -0.39 is 5.60 Å². The van der Waals surface area contributed by atoms with E-state index in [1.165, 1.54) is 44.2 Å². The zero-order valence-corrected chi connectivity index (χ0v) is 20.4. The van der Waals surface area contributed by atoms with E-state index in [0.717, 1.165) is 42.2 Å². The standard InChI is InChI=1S/C29H40FNO2/c1-16-24-25(16)27(23(32)15-31-19-7-5-18(30)6-8-19)29(3)13-11-21-20-10-12-28(2,33)14-17(20)4-9-22(21)26(24)29/h5-8,16-17,20-22,24-27,31,33H,4,9-15H2,1-3H3/t16-,17+,20-,21?,22+,24+,25-,26+,27-,28+,29-/m0/s1. The average molecular weight is 454 g/mol. The number of halogens is 1. The maximum atomic E-state index is 13.6. The third-order valence-corrected chi connectivity index (χ3v) is 11.2. The van der Waals surface area contributed by atoms with E-state index in [9.17, 15) is 14.3 Å². The summed E-state index contributed by atoms with van der Waals surface area (Å²) < 4.78 is 13.2. The van der Waals surface area contributed by atoms with Crippen molar-refractivity contribution in [2.75, 3.05) is 11.9 Å². The molecule has 5 aliphatic rings. The van der Waals surface area contributed by atoms with E-state index in [1.807, 2.05) is 6.92 Å². The van der Waals surface area contributed by atoms with E-state index in [0.29, 0.717) is 36.0 Å². The third kappa shape index (κ3) is 3.41. The van der Waals surface area contributed by atoms with Crippen LogP contribution in [0, 0.1) is 64.5 Å². The highest BCUT2D eigenvalue weighted by Gasteiger charge is 2.73. The van der Waals surface area contributed by atoms with Gasteiger partial charge in [0.25, 0.3) is 0 Å². The van der Waals surface area contributed by atoms with Gasteiger partial charge in [-0.2, -0.15) is 0 Å². The summed E-state index contributed by atoms with van der Waals surface area (Å²) in [5.41, 5.74) is 0.493. The van der Waals surface area contributed by atoms with Gasteiger partial charge in [-0.15, -0.1) is 0 Å². The molecule has 5 fully saturated rings. The van der Waals surface area contributed by atoms with Gasteiger partial charge in [-0.25, -0.2) is 4.39 Å². The minimum Gasteiger partial charge on any atom is -0.390 e. The second-order valence-corrected chi connectivity index (χ2v) is 13.0. The minimum atomic E-state index is -0.463. The molecule has 6 rings (SSSR count). The van der Waals surface area contributed by atoms with E-state index in [4.69, 9.17) is 0 Å². The van der Waals surface area contributed by atoms with Gasteiger partial charge in [0, 0.05) is 11.6 Å². The molecule has 11 atom stereocenters. The number of hydrogen-bond acceptors (Lipinski definition) is 3. The smallest absolute Gasteiger partial charge is 0.155 e. The normalized spacial score (nSPS) is 49.9. The molecule has 0 bridgehead atoms. The number of anilines is 1. The van der Waals surface area contributed by atoms with Gasteiger partial charge in [0.1, 0.15) is 5.82 Å². The summed E-state index contributed by atoms with van der Waals surface area (Å²) in [4.78, 5) is 13.6. The quantitative estimate of drug-likeness (QED) is 0.594. The fourth-order valence-electron chi connectivity index (χ4n) is 9.95. The number of fused-ring (bicyclic) bond motifs is 7. The maximum absolute atomic E-state index is 13.6. The number of ketones is 1. The largest absolute Gasteiger partial charge is 0.390 e. The molecule has 2 N–H and O–H groups in total. The average Bonchev–Trinajstić information content (AvgIpc) is 3.29. The number of hydrogen-bond donors (Lipinski definition) is 2. The predicted molar refractivity (Wildman–Crippen MR) is 128 cm³/mol. The third-order valence-electron chi connectivity index (χ3n) is 11.2. The first kappa shape index (κ1) is 22.1. The van der Waals surface area contributed by atoms with Crippen LogP contribution in [0.3, 0.4) is 0 Å². The van der Waals surface area contributed by atoms with Crippen LogP contribution < -0.4 is 5.32 Å². The molecule has 1 unspecified atom stereocenters. The van der Waals surface area contributed by atoms with E-state index in [2.05, 4.69) is 19.2 Å². The van der Waals surface area contributed by atoms with Gasteiger partial charge in [-0.05, 0) is 129 Å². The first-order valence-electron chi connectivity index (χ1n) is 13.4. The molecule has 0 aromatic heterocycles. The Hall–Kier alpha value is -1.42. The molecule has 0 radical (unpaired) electrons. The lowest BCUT2D eigenvalue weighted by Crippen LogP contribution is -2.53. The molecule has 5 saturated carbocycles. The molecule has 180 valence electrons. The van der Waals surface area contributed by atoms with E-state index >= 15 is 0 Å². The van der Waals surface area contributed by atoms with Crippen LogP contribution in [0.25, 0.3) is 0 Å². The van der Waals surface area contributed by atoms with Crippen molar-refractivity contribution in [3.05, 3.63) is 30.1 Å². The molecule has 1 aromatic carbocycles. The molecule has 0 heterocycles. The Kier molecular flexibility index (Phi) is 5.04. The lowest BCUT2D eigenvalue weighted by atomic mass is 9.47. The maximum Gasteiger partial charge on any atom is 0.155 e. The van der Waals surface area contributed by atoms with Gasteiger partial charge >= 0.3 is 0 Å². The second-order valence-electron chi connectivity index (χ2n) is 13.0. The lowest BCUT2D eigenvalue weighted by molar-refractivity contribution is -0.135. The molecule has 0 aliphatic heterocycles. The monoisotopic (exact) mass is 453 g/mol. The first-order chi connectivity index (χ1) is 15.7. The topological polar surface area (TPSA) is 49.3 Å². The molecule has 4 heteroatoms. The van der Waals surface area contributed by atoms with Crippen LogP contribution in [0.1, 0.15) is 65.7 Å². The predicted octanol–water partition coefficient (Wildman–Crippen LogP) is 5.93. The molecule has 1 aromatic rings. The van der Waals surface area contributed by atoms with Crippen LogP contribution in [-0.4, -0.2) is 23.0 Å². The zero-order valence-electron chi connectivity index (χ0n) is 20.4. The molecular weight excluding hydrogens is 413 g/mol. The van der Waals surface area contributed by atoms with Gasteiger partial charge in [0.2, 0.25) is 0 Å². The number of Topliss-reactive ketones (excluding diaryl/α,β-unsaturated/α-hetero) is 1. The summed E-state index contributed by atoms with van der Waals surface area (Å²) in [5.74, 6) is 6.00. The van der Waals surface area contributed by atoms with Crippen molar-refractivity contribution in [1.29, 1.82) is 0 Å². The van der Waals surface area contributed by atoms with Crippen LogP contribution >= 0.6 is 0 Å². The number of carbonyl (C=O) groups excluding carboxylic acids is 1. The Labute approximate surface area is 197 Å². The van der Waals surface area contributed by atoms with E-state index in [1.54, 1.807) is 12.1 Å². The Morgan fingerprint density at radius 1 is 1.03 bits per heavy atom. The number of benzene rings is 1. The van der Waals surface area contributed by atoms with Crippen molar-refractivity contribution in [3.8, 4) is 0 Å². The molecule has 5 aliphatic carbocycles. The summed E-state index contributed by atoms with van der Waals surface area (Å²) in [6.45, 7) is 7.22. The van der Waals surface area contributed by atoms with Gasteiger partial charge in [0.15, 0.2) is 5.78 Å². The van der Waals surface area contributed by atoms with Crippen LogP contribution in [0.2, 0.25) is 0 Å². The summed E-state index contributed by atoms with van der Waals surface area (Å²) in [6.07, 6.45) is 8.16. The highest BCUT2D eigenvalue weighted by molar-refractivity contribution is 5.87. The van der Waals surface area contributed by atoms with Gasteiger partial charge in [-0.1, -0.05) is 13.8 Å². The number of carbonyl (C=O) groups is 1. The van der Waals surface area contributed by atoms with E-state index in [-0.39, 0.29) is 17.2 Å². The fraction of sp³-hybridized carbons (Fsp3) is 0.759. The zero-order chi connectivity index (χ0) is 23.1. The SMILES string of the molecule is C[C@H]1[C@@H]2[C@H]1[C@H](C(=O)CNc1ccc(F)cc1)[C@@]1(C)CCC3[C@H]4CC[C@@](C)(O)C[C@H]4CC[C@H]3[C@H]21. The lowest BCUT2D eigenvalue weighted by Gasteiger charge is -2.58. The van der Waals surface area contributed by atoms with Crippen LogP contribution in [0.5, 0.6) is 0 Å². The molecule has 0 amide bonds. The Morgan fingerprint density at radius 3 is 2.52 bits per heavy atom. The number of aliphatic hydroxyl groups is 1. The summed E-state index contributed by atoms with van der Waals surface area (Å²) in [5, 5.41) is 13.9. The Balaban J connectivity index is 1.20. The fourth-order valence-corrected chi connectivity index (χ4v) is 9.95. The second kappa shape index (κ2) is 7.54. The Bertz CT molecular complexity index is 928. The Morgan fingerprint density at radius 2 is 1.76 bits per heavy atom. The van der Waals surface area contributed by atoms with Crippen LogP contribution in [-0.2, 0) is 4.79 Å². The van der Waals surface area contributed by atoms with Gasteiger partial charge < -0.3 is 10.4 Å². The van der Waals surface area contributed by atoms with Crippen LogP contribution in [0.4, 0.5) is 10.1 Å². The van der Waals surface area contributed by atoms with Gasteiger partial charge in [0.05, 0.1) is 12.1 Å². The van der Waals surface area contributed by atoms with Crippen molar-refractivity contribution in [1.82, 2.24) is 0 Å². The van der Waals surface area contributed by atoms with Crippen LogP contribution in [0.15, 0.2) is 24.3 Å². The van der Waals surface area contributed by atoms with Crippen molar-refractivity contribution >= 4 is 11.5 Å². The van der Waals surface area contributed by atoms with Crippen molar-refractivity contribution < 1.29 is 14.3 Å². The number of rotatable bonds is 4. The summed E-state index contributed by atoms with van der Waals surface area (Å²) >= 11 is 0. The number of nitrogens with one attached hydrogen (secondary N) is 1. The first-order valence-corrected chi connectivity index (χ1v) is 13.4. The minimum absolute atomic E-state index is 0.136. The molecule has 0 saturated heterocycles. The summed E-state index contributed by atoms with van der Waals surface area (Å²) in [6, 6.07) is 6.33. The molecule has 0 spiro atoms. The molecule has 3 nitrogen and oxygen atoms in total. The highest BCUT2D eigenvalue weighted by atomic mass is 19.1. The van der Waals surface area contributed by atoms with Crippen molar-refractivity contribution in [3.63, 3.8) is 0 Å². The van der Waals surface area contributed by atoms with Crippen molar-refractivity contribution in [2.45, 2.75) is 71.3 Å². The molecule has 33 heavy (non-hydrogen) atoms.